The molecule has 0 aliphatic heterocycles. The highest BCUT2D eigenvalue weighted by Gasteiger charge is 2.16. The number of halogens is 1. The van der Waals surface area contributed by atoms with E-state index in [2.05, 4.69) is 26.6 Å². The molecule has 0 atom stereocenters. The minimum absolute atomic E-state index is 0.0848. The molecular weight excluding hydrogens is 297 g/mol. The van der Waals surface area contributed by atoms with Crippen LogP contribution in [0.3, 0.4) is 0 Å². The number of hydrogen-bond donors (Lipinski definition) is 1. The second kappa shape index (κ2) is 7.85. The van der Waals surface area contributed by atoms with E-state index in [-0.39, 0.29) is 5.69 Å². The number of nitrogens with one attached hydrogen (secondary N) is 1. The first-order valence-corrected chi connectivity index (χ1v) is 7.76. The molecule has 0 aromatic carbocycles. The van der Waals surface area contributed by atoms with Crippen molar-refractivity contribution in [3.8, 4) is 0 Å². The summed E-state index contributed by atoms with van der Waals surface area (Å²) in [6.45, 7) is 5.37. The standard InChI is InChI=1S/C17H22FN3O2/c1-11(9-12(2)16(22)23-3)15-14(18)10-19-17(21-15)20-13-7-5-4-6-8-13/h9-10,13H,1,4-8H2,2-3H3,(H,19,20,21)/b12-9+. The second-order valence-electron chi connectivity index (χ2n) is 5.71. The predicted octanol–water partition coefficient (Wildman–Crippen LogP) is 3.49. The highest BCUT2D eigenvalue weighted by atomic mass is 19.1. The van der Waals surface area contributed by atoms with E-state index >= 15 is 0 Å². The number of nitrogens with zero attached hydrogens (tertiary/aromatic N) is 2. The number of ether oxygens (including phenoxy) is 1. The number of carbonyl (C=O) groups is 1. The van der Waals surface area contributed by atoms with Crippen LogP contribution >= 0.6 is 0 Å². The minimum atomic E-state index is -0.571. The van der Waals surface area contributed by atoms with Gasteiger partial charge in [-0.25, -0.2) is 19.2 Å². The lowest BCUT2D eigenvalue weighted by atomic mass is 9.96. The average Bonchev–Trinajstić information content (AvgIpc) is 2.56. The Labute approximate surface area is 135 Å². The molecular formula is C17H22FN3O2. The molecule has 0 saturated heterocycles. The zero-order valence-corrected chi connectivity index (χ0v) is 13.6. The molecule has 23 heavy (non-hydrogen) atoms. The van der Waals surface area contributed by atoms with Crippen molar-refractivity contribution in [1.29, 1.82) is 0 Å². The van der Waals surface area contributed by atoms with Crippen molar-refractivity contribution in [2.75, 3.05) is 12.4 Å². The van der Waals surface area contributed by atoms with Crippen LogP contribution < -0.4 is 5.32 Å². The van der Waals surface area contributed by atoms with Gasteiger partial charge in [0.05, 0.1) is 13.3 Å². The molecule has 0 bridgehead atoms. The third kappa shape index (κ3) is 4.61. The highest BCUT2D eigenvalue weighted by Crippen LogP contribution is 2.22. The lowest BCUT2D eigenvalue weighted by Gasteiger charge is -2.22. The minimum Gasteiger partial charge on any atom is -0.466 e. The van der Waals surface area contributed by atoms with Gasteiger partial charge < -0.3 is 10.1 Å². The molecule has 1 aromatic heterocycles. The third-order valence-corrected chi connectivity index (χ3v) is 3.88. The number of hydrogen-bond acceptors (Lipinski definition) is 5. The summed E-state index contributed by atoms with van der Waals surface area (Å²) in [6, 6.07) is 0.322. The largest absolute Gasteiger partial charge is 0.466 e. The molecule has 1 heterocycles. The summed E-state index contributed by atoms with van der Waals surface area (Å²) in [6.07, 6.45) is 8.33. The Balaban J connectivity index is 2.16. The van der Waals surface area contributed by atoms with Crippen molar-refractivity contribution in [2.24, 2.45) is 0 Å². The fourth-order valence-electron chi connectivity index (χ4n) is 2.64. The van der Waals surface area contributed by atoms with Gasteiger partial charge in [0.1, 0.15) is 5.69 Å². The summed E-state index contributed by atoms with van der Waals surface area (Å²) in [4.78, 5) is 19.6. The Morgan fingerprint density at radius 1 is 1.43 bits per heavy atom. The summed E-state index contributed by atoms with van der Waals surface area (Å²) in [5.41, 5.74) is 0.721. The van der Waals surface area contributed by atoms with Gasteiger partial charge in [0.2, 0.25) is 5.95 Å². The maximum Gasteiger partial charge on any atom is 0.333 e. The van der Waals surface area contributed by atoms with Crippen LogP contribution in [0.1, 0.15) is 44.7 Å². The monoisotopic (exact) mass is 319 g/mol. The van der Waals surface area contributed by atoms with Crippen LogP contribution in [0.5, 0.6) is 0 Å². The zero-order valence-electron chi connectivity index (χ0n) is 13.6. The average molecular weight is 319 g/mol. The molecule has 0 amide bonds. The smallest absolute Gasteiger partial charge is 0.333 e. The van der Waals surface area contributed by atoms with Crippen LogP contribution in [-0.4, -0.2) is 29.1 Å². The number of aromatic nitrogens is 2. The number of rotatable bonds is 5. The van der Waals surface area contributed by atoms with Crippen molar-refractivity contribution < 1.29 is 13.9 Å². The molecule has 2 rings (SSSR count). The van der Waals surface area contributed by atoms with Crippen molar-refractivity contribution in [3.63, 3.8) is 0 Å². The van der Waals surface area contributed by atoms with Crippen LogP contribution in [0.4, 0.5) is 10.3 Å². The van der Waals surface area contributed by atoms with Crippen LogP contribution in [-0.2, 0) is 9.53 Å². The van der Waals surface area contributed by atoms with Gasteiger partial charge in [-0.2, -0.15) is 0 Å². The van der Waals surface area contributed by atoms with E-state index in [1.807, 2.05) is 0 Å². The molecule has 6 heteroatoms. The van der Waals surface area contributed by atoms with E-state index in [0.29, 0.717) is 23.1 Å². The van der Waals surface area contributed by atoms with E-state index in [4.69, 9.17) is 0 Å². The first-order chi connectivity index (χ1) is 11.0. The molecule has 1 aromatic rings. The van der Waals surface area contributed by atoms with Gasteiger partial charge in [-0.05, 0) is 31.4 Å². The van der Waals surface area contributed by atoms with E-state index in [1.165, 1.54) is 32.4 Å². The molecule has 0 unspecified atom stereocenters. The van der Waals surface area contributed by atoms with Crippen LogP contribution in [0.25, 0.3) is 5.57 Å². The van der Waals surface area contributed by atoms with Gasteiger partial charge in [-0.15, -0.1) is 0 Å². The Morgan fingerprint density at radius 2 is 2.13 bits per heavy atom. The maximum atomic E-state index is 14.0. The first-order valence-electron chi connectivity index (χ1n) is 7.76. The maximum absolute atomic E-state index is 14.0. The molecule has 1 fully saturated rings. The molecule has 1 aliphatic rings. The number of methoxy groups -OCH3 is 1. The summed E-state index contributed by atoms with van der Waals surface area (Å²) < 4.78 is 18.6. The summed E-state index contributed by atoms with van der Waals surface area (Å²) in [5, 5.41) is 3.25. The van der Waals surface area contributed by atoms with Crippen molar-refractivity contribution in [1.82, 2.24) is 9.97 Å². The molecule has 1 N–H and O–H groups in total. The molecule has 5 nitrogen and oxygen atoms in total. The van der Waals surface area contributed by atoms with Crippen molar-refractivity contribution >= 4 is 17.5 Å². The molecule has 1 saturated carbocycles. The predicted molar refractivity (Wildman–Crippen MR) is 87.3 cm³/mol. The summed E-state index contributed by atoms with van der Waals surface area (Å²) in [5.74, 6) is -0.669. The van der Waals surface area contributed by atoms with Gasteiger partial charge in [0.15, 0.2) is 5.82 Å². The van der Waals surface area contributed by atoms with Crippen LogP contribution in [0.15, 0.2) is 24.4 Å². The van der Waals surface area contributed by atoms with Gasteiger partial charge in [0, 0.05) is 11.6 Å². The highest BCUT2D eigenvalue weighted by molar-refractivity contribution is 5.91. The Morgan fingerprint density at radius 3 is 2.78 bits per heavy atom. The van der Waals surface area contributed by atoms with E-state index < -0.39 is 11.8 Å². The van der Waals surface area contributed by atoms with Crippen molar-refractivity contribution in [3.05, 3.63) is 35.9 Å². The van der Waals surface area contributed by atoms with Gasteiger partial charge in [-0.3, -0.25) is 0 Å². The topological polar surface area (TPSA) is 64.1 Å². The normalized spacial score (nSPS) is 16.0. The molecule has 0 radical (unpaired) electrons. The quantitative estimate of drug-likeness (QED) is 0.511. The van der Waals surface area contributed by atoms with E-state index in [9.17, 15) is 9.18 Å². The number of esters is 1. The summed E-state index contributed by atoms with van der Waals surface area (Å²) >= 11 is 0. The van der Waals surface area contributed by atoms with Crippen LogP contribution in [0, 0.1) is 5.82 Å². The van der Waals surface area contributed by atoms with Crippen molar-refractivity contribution in [2.45, 2.75) is 45.1 Å². The second-order valence-corrected chi connectivity index (χ2v) is 5.71. The Bertz CT molecular complexity index is 622. The fraction of sp³-hybridized carbons (Fsp3) is 0.471. The van der Waals surface area contributed by atoms with Gasteiger partial charge in [0.25, 0.3) is 0 Å². The van der Waals surface area contributed by atoms with E-state index in [1.54, 1.807) is 6.92 Å². The SMILES string of the molecule is C=C(/C=C(\C)C(=O)OC)c1nc(NC2CCCCC2)ncc1F. The fourth-order valence-corrected chi connectivity index (χ4v) is 2.64. The lowest BCUT2D eigenvalue weighted by molar-refractivity contribution is -0.136. The Kier molecular flexibility index (Phi) is 5.84. The number of allylic oxidation sites excluding steroid dienone is 2. The lowest BCUT2D eigenvalue weighted by Crippen LogP contribution is -2.23. The molecule has 0 spiro atoms. The van der Waals surface area contributed by atoms with Gasteiger partial charge in [-0.1, -0.05) is 25.8 Å². The number of anilines is 1. The first kappa shape index (κ1) is 17.1. The van der Waals surface area contributed by atoms with Gasteiger partial charge >= 0.3 is 5.97 Å². The third-order valence-electron chi connectivity index (χ3n) is 3.88. The molecule has 1 aliphatic carbocycles. The van der Waals surface area contributed by atoms with Crippen LogP contribution in [0.2, 0.25) is 0 Å². The molecule has 124 valence electrons. The Hall–Kier alpha value is -2.24. The zero-order chi connectivity index (χ0) is 16.8. The number of carbonyl (C=O) groups excluding carboxylic acids is 1. The van der Waals surface area contributed by atoms with E-state index in [0.717, 1.165) is 19.0 Å². The summed E-state index contributed by atoms with van der Waals surface area (Å²) in [7, 11) is 1.29.